The zero-order valence-corrected chi connectivity index (χ0v) is 46.3. The number of unbranched alkanes of at least 4 members (excludes halogenated alkanes) is 2. The molecule has 8 amide bonds. The van der Waals surface area contributed by atoms with Crippen molar-refractivity contribution in [3.63, 3.8) is 0 Å². The van der Waals surface area contributed by atoms with Gasteiger partial charge in [0.1, 0.15) is 24.2 Å². The van der Waals surface area contributed by atoms with Crippen molar-refractivity contribution in [1.29, 1.82) is 0 Å². The van der Waals surface area contributed by atoms with Crippen LogP contribution in [0.2, 0.25) is 0 Å². The van der Waals surface area contributed by atoms with Gasteiger partial charge in [0.2, 0.25) is 35.4 Å². The Kier molecular flexibility index (Phi) is 22.2. The Labute approximate surface area is 460 Å². The van der Waals surface area contributed by atoms with Crippen LogP contribution in [0, 0.1) is 0 Å². The highest BCUT2D eigenvalue weighted by Crippen LogP contribution is 2.32. The van der Waals surface area contributed by atoms with E-state index in [9.17, 15) is 38.4 Å². The van der Waals surface area contributed by atoms with E-state index >= 15 is 0 Å². The first-order chi connectivity index (χ1) is 37.8. The van der Waals surface area contributed by atoms with Gasteiger partial charge in [-0.15, -0.1) is 0 Å². The van der Waals surface area contributed by atoms with Gasteiger partial charge >= 0.3 is 0 Å². The highest BCUT2D eigenvalue weighted by Gasteiger charge is 2.39. The fourth-order valence-corrected chi connectivity index (χ4v) is 11.4. The second-order valence-electron chi connectivity index (χ2n) is 21.6. The fraction of sp³-hybridized carbons (Fsp3) is 0.567. The molecule has 0 saturated carbocycles. The summed E-state index contributed by atoms with van der Waals surface area (Å²) >= 11 is 0. The minimum atomic E-state index is -0.863. The monoisotopic (exact) mass is 1070 g/mol. The number of benzene rings is 3. The molecule has 3 aromatic carbocycles. The predicted octanol–water partition coefficient (Wildman–Crippen LogP) is 4.82. The standard InChI is InChI=1S/C60H84N10O8/c1-39(61-3)53(71)67-49(59(77)69-36-15-11-32-51(69)57(75)65-47-30-18-22-41-20-5-7-26-45(41)47)28-9-13-34-63-55(73)43-24-17-25-44(38-43)56(74)64-35-14-10-29-50(68-54(72)40(2)62-4)60(78)70-37-16-12-33-52(70)58(76)66-48-31-19-23-42-21-6-8-27-46(42)48/h5-8,17,20-21,24-27,38-40,47-52,61-62H,9-16,18-19,22-23,28-37H2,1-4H3,(H,63,73)(H,64,74)(H,65,75)(H,66,76)(H,67,71)(H,68,72)/t39-,40-,47+,48+,49-,50-,51-,52-/m0/s1. The molecule has 0 radical (unpaired) electrons. The molecule has 0 aromatic heterocycles. The summed E-state index contributed by atoms with van der Waals surface area (Å²) in [4.78, 5) is 113. The molecule has 4 aliphatic rings. The van der Waals surface area contributed by atoms with Gasteiger partial charge in [-0.3, -0.25) is 38.4 Å². The number of nitrogens with one attached hydrogen (secondary N) is 8. The SMILES string of the molecule is CN[C@@H](C)C(=O)N[C@@H](CCCCNC(=O)c1cccc(C(=O)NCCCC[C@H](NC(=O)[C@H](C)NC)C(=O)N2CCCC[C@H]2C(=O)N[C@@H]2CCCc3ccccc32)c1)C(=O)N1CCCC[C@H]1C(=O)N[C@@H]1CCCc2ccccc21. The molecule has 18 nitrogen and oxygen atoms in total. The average molecular weight is 1070 g/mol. The molecule has 78 heavy (non-hydrogen) atoms. The predicted molar refractivity (Wildman–Crippen MR) is 299 cm³/mol. The number of fused-ring (bicyclic) bond motifs is 2. The van der Waals surface area contributed by atoms with Crippen LogP contribution in [-0.4, -0.2) is 134 Å². The number of nitrogens with zero attached hydrogens (tertiary/aromatic N) is 2. The summed E-state index contributed by atoms with van der Waals surface area (Å²) in [5.74, 6) is -2.30. The van der Waals surface area contributed by atoms with Crippen LogP contribution in [0.1, 0.15) is 172 Å². The van der Waals surface area contributed by atoms with E-state index in [1.54, 1.807) is 55.9 Å². The highest BCUT2D eigenvalue weighted by molar-refractivity contribution is 6.00. The van der Waals surface area contributed by atoms with Crippen LogP contribution in [0.15, 0.2) is 72.8 Å². The number of rotatable bonds is 24. The zero-order chi connectivity index (χ0) is 55.6. The Bertz CT molecular complexity index is 2410. The summed E-state index contributed by atoms with van der Waals surface area (Å²) in [7, 11) is 3.35. The molecule has 0 unspecified atom stereocenters. The molecule has 2 heterocycles. The first-order valence-corrected chi connectivity index (χ1v) is 28.8. The lowest BCUT2D eigenvalue weighted by Gasteiger charge is -2.38. The lowest BCUT2D eigenvalue weighted by Crippen LogP contribution is -2.58. The minimum absolute atomic E-state index is 0.118. The third-order valence-electron chi connectivity index (χ3n) is 16.2. The molecule has 0 spiro atoms. The molecule has 2 saturated heterocycles. The first-order valence-electron chi connectivity index (χ1n) is 28.8. The van der Waals surface area contributed by atoms with Gasteiger partial charge in [0.25, 0.3) is 11.8 Å². The molecular weight excluding hydrogens is 989 g/mol. The molecule has 8 N–H and O–H groups in total. The van der Waals surface area contributed by atoms with E-state index in [1.807, 2.05) is 24.3 Å². The van der Waals surface area contributed by atoms with Crippen molar-refractivity contribution in [3.8, 4) is 0 Å². The van der Waals surface area contributed by atoms with Crippen LogP contribution in [0.5, 0.6) is 0 Å². The van der Waals surface area contributed by atoms with Gasteiger partial charge in [-0.05, 0) is 184 Å². The van der Waals surface area contributed by atoms with Gasteiger partial charge in [0.05, 0.1) is 24.2 Å². The van der Waals surface area contributed by atoms with Crippen LogP contribution in [0.25, 0.3) is 0 Å². The van der Waals surface area contributed by atoms with Crippen molar-refractivity contribution in [3.05, 3.63) is 106 Å². The van der Waals surface area contributed by atoms with E-state index in [2.05, 4.69) is 66.8 Å². The van der Waals surface area contributed by atoms with Crippen molar-refractivity contribution in [2.24, 2.45) is 0 Å². The first kappa shape index (κ1) is 59.0. The molecular formula is C60H84N10O8. The van der Waals surface area contributed by atoms with Crippen molar-refractivity contribution in [2.45, 2.75) is 178 Å². The summed E-state index contributed by atoms with van der Waals surface area (Å²) in [6.45, 7) is 4.84. The fourth-order valence-electron chi connectivity index (χ4n) is 11.4. The summed E-state index contributed by atoms with van der Waals surface area (Å²) in [6, 6.07) is 18.4. The van der Waals surface area contributed by atoms with Gasteiger partial charge in [0, 0.05) is 37.3 Å². The minimum Gasteiger partial charge on any atom is -0.352 e. The number of likely N-dealkylation sites (tertiary alicyclic amines) is 2. The molecule has 0 bridgehead atoms. The van der Waals surface area contributed by atoms with Crippen LogP contribution < -0.4 is 42.5 Å². The number of piperidine rings is 2. The van der Waals surface area contributed by atoms with Gasteiger partial charge in [-0.1, -0.05) is 54.6 Å². The van der Waals surface area contributed by atoms with E-state index in [0.717, 1.165) is 75.3 Å². The third kappa shape index (κ3) is 15.8. The Balaban J connectivity index is 0.876. The number of carbonyl (C=O) groups excluding carboxylic acids is 8. The number of likely N-dealkylation sites (N-methyl/N-ethyl adjacent to an activating group) is 2. The summed E-state index contributed by atoms with van der Waals surface area (Å²) in [6.07, 6.45) is 12.4. The second-order valence-corrected chi connectivity index (χ2v) is 21.6. The Morgan fingerprint density at radius 3 is 1.36 bits per heavy atom. The molecule has 422 valence electrons. The van der Waals surface area contributed by atoms with E-state index < -0.39 is 36.3 Å². The van der Waals surface area contributed by atoms with E-state index in [-0.39, 0.29) is 72.4 Å². The molecule has 2 fully saturated rings. The zero-order valence-electron chi connectivity index (χ0n) is 46.3. The Morgan fingerprint density at radius 2 is 0.936 bits per heavy atom. The number of hydrogen-bond acceptors (Lipinski definition) is 10. The van der Waals surface area contributed by atoms with Gasteiger partial charge in [-0.25, -0.2) is 0 Å². The number of carbonyl (C=O) groups is 8. The lowest BCUT2D eigenvalue weighted by atomic mass is 9.87. The highest BCUT2D eigenvalue weighted by atomic mass is 16.2. The maximum absolute atomic E-state index is 14.3. The van der Waals surface area contributed by atoms with Gasteiger partial charge < -0.3 is 52.3 Å². The van der Waals surface area contributed by atoms with E-state index in [1.165, 1.54) is 17.2 Å². The summed E-state index contributed by atoms with van der Waals surface area (Å²) < 4.78 is 0. The largest absolute Gasteiger partial charge is 0.352 e. The Morgan fingerprint density at radius 1 is 0.513 bits per heavy atom. The van der Waals surface area contributed by atoms with Crippen LogP contribution in [0.4, 0.5) is 0 Å². The van der Waals surface area contributed by atoms with Gasteiger partial charge in [0.15, 0.2) is 0 Å². The van der Waals surface area contributed by atoms with Crippen LogP contribution in [-0.2, 0) is 41.6 Å². The van der Waals surface area contributed by atoms with Crippen LogP contribution >= 0.6 is 0 Å². The Hall–Kier alpha value is -6.66. The normalized spacial score (nSPS) is 20.5. The quantitative estimate of drug-likeness (QED) is 0.0570. The molecule has 2 aliphatic heterocycles. The number of amides is 8. The average Bonchev–Trinajstić information content (AvgIpc) is 3.48. The maximum Gasteiger partial charge on any atom is 0.251 e. The summed E-state index contributed by atoms with van der Waals surface area (Å²) in [5, 5.41) is 24.1. The smallest absolute Gasteiger partial charge is 0.251 e. The molecule has 7 rings (SSSR count). The molecule has 18 heteroatoms. The molecule has 2 aliphatic carbocycles. The van der Waals surface area contributed by atoms with Crippen molar-refractivity contribution >= 4 is 47.3 Å². The van der Waals surface area contributed by atoms with E-state index in [0.29, 0.717) is 75.6 Å². The summed E-state index contributed by atoms with van der Waals surface area (Å²) in [5.41, 5.74) is 5.32. The maximum atomic E-state index is 14.3. The van der Waals surface area contributed by atoms with Crippen molar-refractivity contribution < 1.29 is 38.4 Å². The number of aryl methyl sites for hydroxylation is 2. The topological polar surface area (TPSA) is 239 Å². The van der Waals surface area contributed by atoms with Gasteiger partial charge in [-0.2, -0.15) is 0 Å². The number of hydrogen-bond donors (Lipinski definition) is 8. The molecule has 3 aromatic rings. The lowest BCUT2D eigenvalue weighted by molar-refractivity contribution is -0.145. The third-order valence-corrected chi connectivity index (χ3v) is 16.2. The van der Waals surface area contributed by atoms with Crippen molar-refractivity contribution in [1.82, 2.24) is 52.3 Å². The molecule has 8 atom stereocenters. The van der Waals surface area contributed by atoms with Crippen molar-refractivity contribution in [2.75, 3.05) is 40.3 Å². The second kappa shape index (κ2) is 29.4. The van der Waals surface area contributed by atoms with Crippen LogP contribution in [0.3, 0.4) is 0 Å². The van der Waals surface area contributed by atoms with E-state index in [4.69, 9.17) is 0 Å².